The van der Waals surface area contributed by atoms with Crippen LogP contribution in [-0.2, 0) is 13.1 Å². The van der Waals surface area contributed by atoms with Crippen molar-refractivity contribution in [1.82, 2.24) is 20.6 Å². The van der Waals surface area contributed by atoms with E-state index in [9.17, 15) is 9.59 Å². The molecule has 0 radical (unpaired) electrons. The van der Waals surface area contributed by atoms with Gasteiger partial charge in [0, 0.05) is 37.9 Å². The molecule has 0 saturated carbocycles. The van der Waals surface area contributed by atoms with E-state index in [0.29, 0.717) is 24.2 Å². The second-order valence-corrected chi connectivity index (χ2v) is 5.67. The normalized spacial score (nSPS) is 10.2. The Kier molecular flexibility index (Phi) is 5.67. The van der Waals surface area contributed by atoms with Gasteiger partial charge in [-0.3, -0.25) is 19.6 Å². The second kappa shape index (κ2) is 8.53. The average molecular weight is 346 g/mol. The third-order valence-electron chi connectivity index (χ3n) is 3.74. The zero-order valence-electron chi connectivity index (χ0n) is 14.1. The van der Waals surface area contributed by atoms with Crippen molar-refractivity contribution >= 4 is 11.8 Å². The van der Waals surface area contributed by atoms with Crippen LogP contribution in [0.3, 0.4) is 0 Å². The molecule has 6 heteroatoms. The Bertz CT molecular complexity index is 812. The number of nitrogens with one attached hydrogen (secondary N) is 2. The van der Waals surface area contributed by atoms with E-state index in [1.54, 1.807) is 36.7 Å². The summed E-state index contributed by atoms with van der Waals surface area (Å²) in [5.41, 5.74) is 2.95. The number of nitrogens with zero attached hydrogens (tertiary/aromatic N) is 2. The van der Waals surface area contributed by atoms with Crippen molar-refractivity contribution in [2.45, 2.75) is 13.1 Å². The van der Waals surface area contributed by atoms with Gasteiger partial charge in [0.05, 0.1) is 11.1 Å². The highest BCUT2D eigenvalue weighted by Gasteiger charge is 2.07. The third-order valence-corrected chi connectivity index (χ3v) is 3.74. The molecule has 0 fully saturated rings. The van der Waals surface area contributed by atoms with E-state index in [4.69, 9.17) is 0 Å². The van der Waals surface area contributed by atoms with Crippen LogP contribution in [0.4, 0.5) is 0 Å². The molecule has 0 spiro atoms. The quantitative estimate of drug-likeness (QED) is 0.717. The molecule has 1 aromatic carbocycles. The molecule has 3 rings (SSSR count). The molecule has 0 aliphatic heterocycles. The zero-order chi connectivity index (χ0) is 18.2. The number of amides is 2. The van der Waals surface area contributed by atoms with E-state index in [1.165, 1.54) is 12.4 Å². The molecule has 0 bridgehead atoms. The first-order chi connectivity index (χ1) is 12.7. The minimum atomic E-state index is -0.173. The molecule has 0 aliphatic rings. The maximum Gasteiger partial charge on any atom is 0.253 e. The molecule has 0 unspecified atom stereocenters. The molecule has 0 saturated heterocycles. The van der Waals surface area contributed by atoms with Crippen molar-refractivity contribution in [3.05, 3.63) is 95.6 Å². The molecular formula is C20H18N4O2. The Morgan fingerprint density at radius 2 is 1.23 bits per heavy atom. The topological polar surface area (TPSA) is 84.0 Å². The van der Waals surface area contributed by atoms with Crippen molar-refractivity contribution in [3.8, 4) is 0 Å². The van der Waals surface area contributed by atoms with Gasteiger partial charge in [-0.25, -0.2) is 0 Å². The summed E-state index contributed by atoms with van der Waals surface area (Å²) in [6.45, 7) is 0.802. The molecule has 6 nitrogen and oxygen atoms in total. The summed E-state index contributed by atoms with van der Waals surface area (Å²) in [6, 6.07) is 14.6. The van der Waals surface area contributed by atoms with Gasteiger partial charge < -0.3 is 10.6 Å². The summed E-state index contributed by atoms with van der Waals surface area (Å²) in [5, 5.41) is 5.72. The van der Waals surface area contributed by atoms with Gasteiger partial charge >= 0.3 is 0 Å². The smallest absolute Gasteiger partial charge is 0.253 e. The van der Waals surface area contributed by atoms with Gasteiger partial charge in [0.2, 0.25) is 0 Å². The first-order valence-electron chi connectivity index (χ1n) is 8.16. The number of pyridine rings is 2. The van der Waals surface area contributed by atoms with Crippen molar-refractivity contribution in [3.63, 3.8) is 0 Å². The standard InChI is InChI=1S/C20H18N4O2/c25-19(17-6-2-8-21-13-17)23-11-15-4-1-5-16(10-15)12-24-20(26)18-7-3-9-22-14-18/h1-10,13-14H,11-12H2,(H,23,25)(H,24,26). The molecule has 2 aromatic heterocycles. The van der Waals surface area contributed by atoms with Crippen LogP contribution < -0.4 is 10.6 Å². The van der Waals surface area contributed by atoms with Crippen LogP contribution >= 0.6 is 0 Å². The zero-order valence-corrected chi connectivity index (χ0v) is 14.1. The fraction of sp³-hybridized carbons (Fsp3) is 0.100. The minimum absolute atomic E-state index is 0.173. The predicted molar refractivity (Wildman–Crippen MR) is 97.3 cm³/mol. The van der Waals surface area contributed by atoms with Crippen LogP contribution in [0.1, 0.15) is 31.8 Å². The van der Waals surface area contributed by atoms with E-state index in [0.717, 1.165) is 11.1 Å². The number of hydrogen-bond donors (Lipinski definition) is 2. The maximum absolute atomic E-state index is 12.1. The number of benzene rings is 1. The van der Waals surface area contributed by atoms with E-state index in [2.05, 4.69) is 20.6 Å². The van der Waals surface area contributed by atoms with Crippen LogP contribution in [0, 0.1) is 0 Å². The van der Waals surface area contributed by atoms with E-state index in [1.807, 2.05) is 24.3 Å². The number of carbonyl (C=O) groups is 2. The molecule has 130 valence electrons. The van der Waals surface area contributed by atoms with Crippen molar-refractivity contribution in [2.24, 2.45) is 0 Å². The number of rotatable bonds is 6. The van der Waals surface area contributed by atoms with Crippen molar-refractivity contribution in [1.29, 1.82) is 0 Å². The Hall–Kier alpha value is -3.54. The van der Waals surface area contributed by atoms with E-state index >= 15 is 0 Å². The molecular weight excluding hydrogens is 328 g/mol. The highest BCUT2D eigenvalue weighted by molar-refractivity contribution is 5.94. The van der Waals surface area contributed by atoms with Crippen LogP contribution in [-0.4, -0.2) is 21.8 Å². The van der Waals surface area contributed by atoms with Gasteiger partial charge in [0.1, 0.15) is 0 Å². The fourth-order valence-corrected chi connectivity index (χ4v) is 2.41. The maximum atomic E-state index is 12.1. The van der Waals surface area contributed by atoms with Gasteiger partial charge in [-0.15, -0.1) is 0 Å². The van der Waals surface area contributed by atoms with E-state index in [-0.39, 0.29) is 11.8 Å². The summed E-state index contributed by atoms with van der Waals surface area (Å²) < 4.78 is 0. The fourth-order valence-electron chi connectivity index (χ4n) is 2.41. The number of aromatic nitrogens is 2. The van der Waals surface area contributed by atoms with Gasteiger partial charge in [-0.05, 0) is 35.4 Å². The summed E-state index contributed by atoms with van der Waals surface area (Å²) in [6.07, 6.45) is 6.31. The van der Waals surface area contributed by atoms with Gasteiger partial charge in [-0.2, -0.15) is 0 Å². The van der Waals surface area contributed by atoms with Crippen LogP contribution in [0.5, 0.6) is 0 Å². The van der Waals surface area contributed by atoms with Crippen LogP contribution in [0.2, 0.25) is 0 Å². The first-order valence-corrected chi connectivity index (χ1v) is 8.16. The summed E-state index contributed by atoms with van der Waals surface area (Å²) in [7, 11) is 0. The second-order valence-electron chi connectivity index (χ2n) is 5.67. The average Bonchev–Trinajstić information content (AvgIpc) is 2.72. The molecule has 2 heterocycles. The summed E-state index contributed by atoms with van der Waals surface area (Å²) in [4.78, 5) is 32.0. The van der Waals surface area contributed by atoms with Gasteiger partial charge in [-0.1, -0.05) is 24.3 Å². The Balaban J connectivity index is 1.55. The molecule has 2 N–H and O–H groups in total. The lowest BCUT2D eigenvalue weighted by Gasteiger charge is -2.09. The lowest BCUT2D eigenvalue weighted by molar-refractivity contribution is 0.0943. The summed E-state index contributed by atoms with van der Waals surface area (Å²) >= 11 is 0. The Morgan fingerprint density at radius 1 is 0.731 bits per heavy atom. The van der Waals surface area contributed by atoms with Crippen molar-refractivity contribution in [2.75, 3.05) is 0 Å². The van der Waals surface area contributed by atoms with Crippen LogP contribution in [0.15, 0.2) is 73.3 Å². The molecule has 26 heavy (non-hydrogen) atoms. The molecule has 3 aromatic rings. The lowest BCUT2D eigenvalue weighted by atomic mass is 10.1. The summed E-state index contributed by atoms with van der Waals surface area (Å²) in [5.74, 6) is -0.346. The van der Waals surface area contributed by atoms with E-state index < -0.39 is 0 Å². The van der Waals surface area contributed by atoms with Crippen molar-refractivity contribution < 1.29 is 9.59 Å². The highest BCUT2D eigenvalue weighted by atomic mass is 16.2. The third kappa shape index (κ3) is 4.73. The minimum Gasteiger partial charge on any atom is -0.348 e. The predicted octanol–water partition coefficient (Wildman–Crippen LogP) is 2.34. The lowest BCUT2D eigenvalue weighted by Crippen LogP contribution is -2.24. The largest absolute Gasteiger partial charge is 0.348 e. The van der Waals surface area contributed by atoms with Crippen LogP contribution in [0.25, 0.3) is 0 Å². The highest BCUT2D eigenvalue weighted by Crippen LogP contribution is 2.06. The number of carbonyl (C=O) groups excluding carboxylic acids is 2. The monoisotopic (exact) mass is 346 g/mol. The van der Waals surface area contributed by atoms with Gasteiger partial charge in [0.25, 0.3) is 11.8 Å². The SMILES string of the molecule is O=C(NCc1cccc(CNC(=O)c2cccnc2)c1)c1cccnc1. The molecule has 0 aliphatic carbocycles. The Labute approximate surface area is 151 Å². The Morgan fingerprint density at radius 3 is 1.65 bits per heavy atom. The molecule has 0 atom stereocenters. The van der Waals surface area contributed by atoms with Gasteiger partial charge in [0.15, 0.2) is 0 Å². The first kappa shape index (κ1) is 17.3. The molecule has 2 amide bonds. The number of hydrogen-bond acceptors (Lipinski definition) is 4.